The number of aromatic nitrogens is 1. The first-order valence-electron chi connectivity index (χ1n) is 7.78. The van der Waals surface area contributed by atoms with Gasteiger partial charge in [-0.3, -0.25) is 9.78 Å². The number of nitrogens with one attached hydrogen (secondary N) is 1. The lowest BCUT2D eigenvalue weighted by Gasteiger charge is -2.12. The van der Waals surface area contributed by atoms with Crippen molar-refractivity contribution in [2.45, 2.75) is 11.5 Å². The summed E-state index contributed by atoms with van der Waals surface area (Å²) in [5.74, 6) is -0.787. The number of carbonyl (C=O) groups is 1. The lowest BCUT2D eigenvalue weighted by atomic mass is 10.1. The highest BCUT2D eigenvalue weighted by atomic mass is 32.2. The minimum atomic E-state index is -4.08. The largest absolute Gasteiger partial charge is 0.390 e. The Morgan fingerprint density at radius 2 is 1.65 bits per heavy atom. The van der Waals surface area contributed by atoms with Crippen LogP contribution in [-0.4, -0.2) is 24.4 Å². The van der Waals surface area contributed by atoms with Gasteiger partial charge in [-0.1, -0.05) is 48.5 Å². The van der Waals surface area contributed by atoms with Crippen molar-refractivity contribution >= 4 is 15.9 Å². The van der Waals surface area contributed by atoms with Gasteiger partial charge in [-0.25, -0.2) is 13.1 Å². The van der Waals surface area contributed by atoms with Gasteiger partial charge in [0.1, 0.15) is 0 Å². The van der Waals surface area contributed by atoms with Crippen molar-refractivity contribution in [1.82, 2.24) is 9.71 Å². The average Bonchev–Trinajstić information content (AvgIpc) is 2.68. The summed E-state index contributed by atoms with van der Waals surface area (Å²) in [5, 5.41) is 8.98. The topological polar surface area (TPSA) is 96.4 Å². The van der Waals surface area contributed by atoms with Gasteiger partial charge in [-0.15, -0.1) is 0 Å². The van der Waals surface area contributed by atoms with Crippen LogP contribution in [0.3, 0.4) is 0 Å². The molecule has 1 heterocycles. The second kappa shape index (κ2) is 7.47. The van der Waals surface area contributed by atoms with Crippen LogP contribution in [0, 0.1) is 0 Å². The molecule has 0 aliphatic heterocycles. The average molecular weight is 368 g/mol. The fourth-order valence-electron chi connectivity index (χ4n) is 2.45. The summed E-state index contributed by atoms with van der Waals surface area (Å²) in [6.07, 6.45) is 1.22. The molecule has 0 aliphatic carbocycles. The summed E-state index contributed by atoms with van der Waals surface area (Å²) < 4.78 is 27.5. The third-order valence-electron chi connectivity index (χ3n) is 3.74. The molecule has 6 nitrogen and oxygen atoms in total. The van der Waals surface area contributed by atoms with Gasteiger partial charge in [0, 0.05) is 11.8 Å². The number of hydrogen-bond acceptors (Lipinski definition) is 5. The Balaban J connectivity index is 1.92. The minimum absolute atomic E-state index is 0.0134. The fourth-order valence-corrected chi connectivity index (χ4v) is 3.65. The number of sulfonamides is 1. The van der Waals surface area contributed by atoms with E-state index in [9.17, 15) is 13.2 Å². The Morgan fingerprint density at radius 1 is 0.962 bits per heavy atom. The predicted molar refractivity (Wildman–Crippen MR) is 96.7 cm³/mol. The van der Waals surface area contributed by atoms with Crippen LogP contribution in [0.5, 0.6) is 0 Å². The van der Waals surface area contributed by atoms with Crippen LogP contribution < -0.4 is 4.72 Å². The molecule has 132 valence electrons. The van der Waals surface area contributed by atoms with E-state index < -0.39 is 15.9 Å². The van der Waals surface area contributed by atoms with Crippen molar-refractivity contribution < 1.29 is 18.3 Å². The van der Waals surface area contributed by atoms with Crippen molar-refractivity contribution in [2.75, 3.05) is 0 Å². The van der Waals surface area contributed by atoms with Gasteiger partial charge in [-0.2, -0.15) is 0 Å². The SMILES string of the molecule is O=C(NS(=O)(=O)c1ccccc1-c1ccccc1)c1ccc(CO)nc1. The molecule has 0 radical (unpaired) electrons. The molecule has 0 unspecified atom stereocenters. The van der Waals surface area contributed by atoms with Gasteiger partial charge >= 0.3 is 0 Å². The highest BCUT2D eigenvalue weighted by molar-refractivity contribution is 7.90. The molecule has 0 aliphatic rings. The molecular formula is C19H16N2O4S. The van der Waals surface area contributed by atoms with Crippen LogP contribution in [0.1, 0.15) is 16.1 Å². The van der Waals surface area contributed by atoms with Gasteiger partial charge in [0.15, 0.2) is 0 Å². The standard InChI is InChI=1S/C19H16N2O4S/c22-13-16-11-10-15(12-20-16)19(23)21-26(24,25)18-9-5-4-8-17(18)14-6-2-1-3-7-14/h1-12,22H,13H2,(H,21,23). The molecule has 1 aromatic heterocycles. The molecule has 7 heteroatoms. The molecule has 0 atom stereocenters. The Hall–Kier alpha value is -3.03. The number of rotatable bonds is 5. The van der Waals surface area contributed by atoms with Crippen LogP contribution in [0.2, 0.25) is 0 Å². The highest BCUT2D eigenvalue weighted by Gasteiger charge is 2.22. The van der Waals surface area contributed by atoms with Gasteiger partial charge in [0.2, 0.25) is 0 Å². The zero-order valence-electron chi connectivity index (χ0n) is 13.7. The maximum Gasteiger partial charge on any atom is 0.266 e. The minimum Gasteiger partial charge on any atom is -0.390 e. The first-order valence-corrected chi connectivity index (χ1v) is 9.27. The lowest BCUT2D eigenvalue weighted by molar-refractivity contribution is 0.0981. The van der Waals surface area contributed by atoms with E-state index in [-0.39, 0.29) is 17.1 Å². The van der Waals surface area contributed by atoms with Crippen molar-refractivity contribution in [3.8, 4) is 11.1 Å². The van der Waals surface area contributed by atoms with Crippen LogP contribution in [-0.2, 0) is 16.6 Å². The summed E-state index contributed by atoms with van der Waals surface area (Å²) in [6.45, 7) is -0.259. The summed E-state index contributed by atoms with van der Waals surface area (Å²) in [6, 6.07) is 18.4. The normalized spacial score (nSPS) is 11.1. The van der Waals surface area contributed by atoms with E-state index >= 15 is 0 Å². The molecule has 1 amide bonds. The van der Waals surface area contributed by atoms with Crippen molar-refractivity contribution in [3.05, 3.63) is 84.2 Å². The van der Waals surface area contributed by atoms with Gasteiger partial charge < -0.3 is 5.11 Å². The Bertz CT molecular complexity index is 1020. The Labute approximate surface area is 151 Å². The van der Waals surface area contributed by atoms with E-state index in [1.54, 1.807) is 30.3 Å². The van der Waals surface area contributed by atoms with E-state index in [0.29, 0.717) is 11.3 Å². The number of carbonyl (C=O) groups excluding carboxylic acids is 1. The van der Waals surface area contributed by atoms with E-state index in [1.165, 1.54) is 24.4 Å². The van der Waals surface area contributed by atoms with Gasteiger partial charge in [-0.05, 0) is 23.8 Å². The van der Waals surface area contributed by atoms with Crippen molar-refractivity contribution in [2.24, 2.45) is 0 Å². The number of benzene rings is 2. The summed E-state index contributed by atoms with van der Waals surface area (Å²) >= 11 is 0. The molecule has 3 aromatic rings. The maximum absolute atomic E-state index is 12.7. The fraction of sp³-hybridized carbons (Fsp3) is 0.0526. The van der Waals surface area contributed by atoms with Gasteiger partial charge in [0.25, 0.3) is 15.9 Å². The smallest absolute Gasteiger partial charge is 0.266 e. The number of amides is 1. The van der Waals surface area contributed by atoms with Crippen LogP contribution >= 0.6 is 0 Å². The first-order chi connectivity index (χ1) is 12.5. The van der Waals surface area contributed by atoms with Crippen molar-refractivity contribution in [3.63, 3.8) is 0 Å². The molecule has 3 rings (SSSR count). The number of nitrogens with zero attached hydrogens (tertiary/aromatic N) is 1. The first kappa shape index (κ1) is 17.8. The number of hydrogen-bond donors (Lipinski definition) is 2. The molecule has 0 saturated carbocycles. The van der Waals surface area contributed by atoms with Gasteiger partial charge in [0.05, 0.1) is 22.8 Å². The van der Waals surface area contributed by atoms with Crippen LogP contribution in [0.25, 0.3) is 11.1 Å². The van der Waals surface area contributed by atoms with Crippen molar-refractivity contribution in [1.29, 1.82) is 0 Å². The zero-order chi connectivity index (χ0) is 18.6. The molecule has 0 saturated heterocycles. The summed E-state index contributed by atoms with van der Waals surface area (Å²) in [4.78, 5) is 16.2. The molecule has 26 heavy (non-hydrogen) atoms. The summed E-state index contributed by atoms with van der Waals surface area (Å²) in [7, 11) is -4.08. The summed E-state index contributed by atoms with van der Waals surface area (Å²) in [5.41, 5.74) is 1.71. The monoisotopic (exact) mass is 368 g/mol. The van der Waals surface area contributed by atoms with E-state index in [4.69, 9.17) is 5.11 Å². The number of pyridine rings is 1. The molecular weight excluding hydrogens is 352 g/mol. The van der Waals surface area contributed by atoms with E-state index in [1.807, 2.05) is 18.2 Å². The Kier molecular flexibility index (Phi) is 5.11. The van der Waals surface area contributed by atoms with Crippen LogP contribution in [0.4, 0.5) is 0 Å². The zero-order valence-corrected chi connectivity index (χ0v) is 14.5. The molecule has 0 bridgehead atoms. The maximum atomic E-state index is 12.7. The molecule has 0 spiro atoms. The third kappa shape index (κ3) is 3.79. The van der Waals surface area contributed by atoms with E-state index in [2.05, 4.69) is 9.71 Å². The number of aliphatic hydroxyl groups is 1. The quantitative estimate of drug-likeness (QED) is 0.721. The second-order valence-corrected chi connectivity index (χ2v) is 7.14. The second-order valence-electron chi connectivity index (χ2n) is 5.49. The lowest BCUT2D eigenvalue weighted by Crippen LogP contribution is -2.31. The Morgan fingerprint density at radius 3 is 2.31 bits per heavy atom. The molecule has 0 fully saturated rings. The third-order valence-corrected chi connectivity index (χ3v) is 5.13. The molecule has 2 aromatic carbocycles. The highest BCUT2D eigenvalue weighted by Crippen LogP contribution is 2.26. The predicted octanol–water partition coefficient (Wildman–Crippen LogP) is 2.36. The van der Waals surface area contributed by atoms with E-state index in [0.717, 1.165) is 5.56 Å². The number of aliphatic hydroxyl groups excluding tert-OH is 1. The van der Waals surface area contributed by atoms with Crippen LogP contribution in [0.15, 0.2) is 77.8 Å². The molecule has 2 N–H and O–H groups in total.